The first-order chi connectivity index (χ1) is 11.2. The number of β-amino-alcohol motifs (C(OH)–C–C–N with tert-alkyl or cyclic N) is 1. The Kier molecular flexibility index (Phi) is 6.02. The minimum absolute atomic E-state index is 0.138. The molecule has 3 heterocycles. The molecule has 0 amide bonds. The van der Waals surface area contributed by atoms with Crippen LogP contribution in [0.5, 0.6) is 0 Å². The van der Waals surface area contributed by atoms with Gasteiger partial charge in [0.25, 0.3) is 0 Å². The first-order valence-electron chi connectivity index (χ1n) is 8.50. The average molecular weight is 324 g/mol. The molecule has 2 saturated heterocycles. The van der Waals surface area contributed by atoms with Crippen molar-refractivity contribution in [2.75, 3.05) is 59.1 Å². The van der Waals surface area contributed by atoms with E-state index in [0.29, 0.717) is 6.54 Å². The molecule has 0 bridgehead atoms. The summed E-state index contributed by atoms with van der Waals surface area (Å²) in [7, 11) is 0. The molecule has 0 saturated carbocycles. The van der Waals surface area contributed by atoms with Crippen LogP contribution in [0, 0.1) is 6.92 Å². The number of hydrogen-bond acceptors (Lipinski definition) is 6. The van der Waals surface area contributed by atoms with Crippen LogP contribution in [0.3, 0.4) is 0 Å². The molecule has 2 fully saturated rings. The Balaban J connectivity index is 1.42. The SMILES string of the molecule is Cc1cnn(C[C@@H]2CN(C[C@@H](O)CN3CCOCC3)CCO2)c1. The number of ether oxygens (including phenoxy) is 2. The minimum atomic E-state index is -0.321. The van der Waals surface area contributed by atoms with Crippen LogP contribution in [0.2, 0.25) is 0 Å². The summed E-state index contributed by atoms with van der Waals surface area (Å²) in [6, 6.07) is 0. The molecule has 23 heavy (non-hydrogen) atoms. The number of rotatable bonds is 6. The van der Waals surface area contributed by atoms with Crippen LogP contribution in [-0.2, 0) is 16.0 Å². The normalized spacial score (nSPS) is 25.6. The van der Waals surface area contributed by atoms with Crippen molar-refractivity contribution in [2.45, 2.75) is 25.7 Å². The second kappa shape index (κ2) is 8.21. The summed E-state index contributed by atoms with van der Waals surface area (Å²) in [5, 5.41) is 14.7. The highest BCUT2D eigenvalue weighted by Gasteiger charge is 2.24. The van der Waals surface area contributed by atoms with Gasteiger partial charge in [0.15, 0.2) is 0 Å². The zero-order chi connectivity index (χ0) is 16.1. The third-order valence-corrected chi connectivity index (χ3v) is 4.42. The fourth-order valence-electron chi connectivity index (χ4n) is 3.27. The smallest absolute Gasteiger partial charge is 0.0898 e. The quantitative estimate of drug-likeness (QED) is 0.767. The molecule has 7 nitrogen and oxygen atoms in total. The van der Waals surface area contributed by atoms with Gasteiger partial charge >= 0.3 is 0 Å². The lowest BCUT2D eigenvalue weighted by Crippen LogP contribution is -2.49. The fourth-order valence-corrected chi connectivity index (χ4v) is 3.27. The molecule has 1 N–H and O–H groups in total. The maximum atomic E-state index is 10.4. The van der Waals surface area contributed by atoms with Crippen molar-refractivity contribution in [3.8, 4) is 0 Å². The van der Waals surface area contributed by atoms with E-state index in [-0.39, 0.29) is 12.2 Å². The molecule has 0 aliphatic carbocycles. The van der Waals surface area contributed by atoms with Gasteiger partial charge in [0.05, 0.1) is 44.8 Å². The summed E-state index contributed by atoms with van der Waals surface area (Å²) in [4.78, 5) is 4.58. The molecule has 0 spiro atoms. The molecule has 2 aliphatic rings. The Morgan fingerprint density at radius 3 is 2.70 bits per heavy atom. The second-order valence-corrected chi connectivity index (χ2v) is 6.56. The maximum absolute atomic E-state index is 10.4. The van der Waals surface area contributed by atoms with Crippen molar-refractivity contribution < 1.29 is 14.6 Å². The third kappa shape index (κ3) is 5.26. The number of nitrogens with zero attached hydrogens (tertiary/aromatic N) is 4. The van der Waals surface area contributed by atoms with E-state index in [2.05, 4.69) is 14.9 Å². The highest BCUT2D eigenvalue weighted by Crippen LogP contribution is 2.09. The van der Waals surface area contributed by atoms with Gasteiger partial charge in [-0.15, -0.1) is 0 Å². The van der Waals surface area contributed by atoms with Crippen LogP contribution in [0.15, 0.2) is 12.4 Å². The molecule has 0 radical (unpaired) electrons. The Bertz CT molecular complexity index is 476. The number of aliphatic hydroxyl groups excluding tert-OH is 1. The number of aliphatic hydroxyl groups is 1. The van der Waals surface area contributed by atoms with Gasteiger partial charge in [-0.3, -0.25) is 14.5 Å². The van der Waals surface area contributed by atoms with Crippen molar-refractivity contribution in [3.05, 3.63) is 18.0 Å². The first kappa shape index (κ1) is 16.9. The van der Waals surface area contributed by atoms with Crippen molar-refractivity contribution in [1.82, 2.24) is 19.6 Å². The molecule has 7 heteroatoms. The molecule has 2 aliphatic heterocycles. The van der Waals surface area contributed by atoms with Gasteiger partial charge in [0.2, 0.25) is 0 Å². The lowest BCUT2D eigenvalue weighted by molar-refractivity contribution is -0.0538. The van der Waals surface area contributed by atoms with Crippen molar-refractivity contribution in [1.29, 1.82) is 0 Å². The Morgan fingerprint density at radius 2 is 1.96 bits per heavy atom. The summed E-state index contributed by atoms with van der Waals surface area (Å²) in [6.45, 7) is 10.1. The van der Waals surface area contributed by atoms with E-state index >= 15 is 0 Å². The van der Waals surface area contributed by atoms with Crippen molar-refractivity contribution in [3.63, 3.8) is 0 Å². The van der Waals surface area contributed by atoms with Crippen LogP contribution in [0.1, 0.15) is 5.56 Å². The van der Waals surface area contributed by atoms with E-state index < -0.39 is 0 Å². The summed E-state index contributed by atoms with van der Waals surface area (Å²) in [5.74, 6) is 0. The molecule has 130 valence electrons. The van der Waals surface area contributed by atoms with Crippen LogP contribution < -0.4 is 0 Å². The van der Waals surface area contributed by atoms with E-state index in [1.165, 1.54) is 5.56 Å². The summed E-state index contributed by atoms with van der Waals surface area (Å²) in [6.07, 6.45) is 3.72. The first-order valence-corrected chi connectivity index (χ1v) is 8.50. The zero-order valence-corrected chi connectivity index (χ0v) is 13.9. The van der Waals surface area contributed by atoms with Crippen LogP contribution in [-0.4, -0.2) is 96.0 Å². The number of morpholine rings is 2. The van der Waals surface area contributed by atoms with Gasteiger partial charge < -0.3 is 14.6 Å². The largest absolute Gasteiger partial charge is 0.390 e. The van der Waals surface area contributed by atoms with E-state index in [9.17, 15) is 5.11 Å². The summed E-state index contributed by atoms with van der Waals surface area (Å²) >= 11 is 0. The number of aromatic nitrogens is 2. The predicted molar refractivity (Wildman–Crippen MR) is 86.4 cm³/mol. The fraction of sp³-hybridized carbons (Fsp3) is 0.812. The second-order valence-electron chi connectivity index (χ2n) is 6.56. The van der Waals surface area contributed by atoms with Gasteiger partial charge in [-0.1, -0.05) is 0 Å². The predicted octanol–water partition coefficient (Wildman–Crippen LogP) is -0.415. The lowest BCUT2D eigenvalue weighted by Gasteiger charge is -2.35. The molecular weight excluding hydrogens is 296 g/mol. The molecule has 1 aromatic heterocycles. The Morgan fingerprint density at radius 1 is 1.22 bits per heavy atom. The monoisotopic (exact) mass is 324 g/mol. The van der Waals surface area contributed by atoms with Crippen LogP contribution in [0.4, 0.5) is 0 Å². The molecular formula is C16H28N4O3. The van der Waals surface area contributed by atoms with Crippen molar-refractivity contribution in [2.24, 2.45) is 0 Å². The van der Waals surface area contributed by atoms with Crippen molar-refractivity contribution >= 4 is 0 Å². The van der Waals surface area contributed by atoms with Crippen LogP contribution in [0.25, 0.3) is 0 Å². The molecule has 2 atom stereocenters. The zero-order valence-electron chi connectivity index (χ0n) is 13.9. The van der Waals surface area contributed by atoms with E-state index in [4.69, 9.17) is 9.47 Å². The summed E-state index contributed by atoms with van der Waals surface area (Å²) < 4.78 is 13.1. The van der Waals surface area contributed by atoms with Gasteiger partial charge in [-0.2, -0.15) is 5.10 Å². The molecule has 1 aromatic rings. The third-order valence-electron chi connectivity index (χ3n) is 4.42. The van der Waals surface area contributed by atoms with Gasteiger partial charge in [0, 0.05) is 45.5 Å². The Hall–Kier alpha value is -0.990. The summed E-state index contributed by atoms with van der Waals surface area (Å²) in [5.41, 5.74) is 1.17. The van der Waals surface area contributed by atoms with E-state index in [1.54, 1.807) is 0 Å². The number of aryl methyl sites for hydroxylation is 1. The topological polar surface area (TPSA) is 63.0 Å². The maximum Gasteiger partial charge on any atom is 0.0898 e. The van der Waals surface area contributed by atoms with Crippen LogP contribution >= 0.6 is 0 Å². The highest BCUT2D eigenvalue weighted by molar-refractivity contribution is 4.99. The van der Waals surface area contributed by atoms with Gasteiger partial charge in [0.1, 0.15) is 0 Å². The van der Waals surface area contributed by atoms with Gasteiger partial charge in [-0.05, 0) is 12.5 Å². The Labute approximate surface area is 137 Å². The average Bonchev–Trinajstić information content (AvgIpc) is 2.93. The highest BCUT2D eigenvalue weighted by atomic mass is 16.5. The minimum Gasteiger partial charge on any atom is -0.390 e. The lowest BCUT2D eigenvalue weighted by atomic mass is 10.2. The molecule has 0 unspecified atom stereocenters. The number of hydrogen-bond donors (Lipinski definition) is 1. The molecule has 0 aromatic carbocycles. The molecule has 3 rings (SSSR count). The van der Waals surface area contributed by atoms with Gasteiger partial charge in [-0.25, -0.2) is 0 Å². The van der Waals surface area contributed by atoms with E-state index in [1.807, 2.05) is 24.0 Å². The van der Waals surface area contributed by atoms with E-state index in [0.717, 1.165) is 59.1 Å². The standard InChI is InChI=1S/C16H28N4O3/c1-14-8-17-20(9-14)13-16-12-19(4-7-23-16)11-15(21)10-18-2-5-22-6-3-18/h8-9,15-16,21H,2-7,10-13H2,1H3/t15-,16-/m0/s1.